The van der Waals surface area contributed by atoms with E-state index in [0.717, 1.165) is 19.4 Å². The van der Waals surface area contributed by atoms with Crippen LogP contribution < -0.4 is 5.32 Å². The summed E-state index contributed by atoms with van der Waals surface area (Å²) in [4.78, 5) is 0. The first kappa shape index (κ1) is 14.1. The molecule has 20 heavy (non-hydrogen) atoms. The fraction of sp³-hybridized carbons (Fsp3) is 0.625. The molecule has 110 valence electrons. The second kappa shape index (κ2) is 5.86. The molecule has 1 fully saturated rings. The normalized spacial score (nSPS) is 26.1. The molecule has 1 unspecified atom stereocenters. The molecular formula is C16H23NO2S. The molecule has 0 amide bonds. The summed E-state index contributed by atoms with van der Waals surface area (Å²) in [6.07, 6.45) is 5.26. The van der Waals surface area contributed by atoms with E-state index in [1.165, 1.54) is 30.4 Å². The number of hydrogen-bond acceptors (Lipinski definition) is 3. The molecule has 0 aromatic heterocycles. The summed E-state index contributed by atoms with van der Waals surface area (Å²) >= 11 is 0. The fourth-order valence-corrected chi connectivity index (χ4v) is 4.96. The Morgan fingerprint density at radius 1 is 1.10 bits per heavy atom. The van der Waals surface area contributed by atoms with Gasteiger partial charge in [0.1, 0.15) is 9.84 Å². The third-order valence-electron chi connectivity index (χ3n) is 4.70. The van der Waals surface area contributed by atoms with Gasteiger partial charge >= 0.3 is 0 Å². The summed E-state index contributed by atoms with van der Waals surface area (Å²) in [5, 5.41) is 3.61. The van der Waals surface area contributed by atoms with Crippen LogP contribution in [0.2, 0.25) is 0 Å². The van der Waals surface area contributed by atoms with Crippen molar-refractivity contribution in [3.8, 4) is 0 Å². The Morgan fingerprint density at radius 3 is 2.65 bits per heavy atom. The van der Waals surface area contributed by atoms with Crippen molar-refractivity contribution in [2.24, 2.45) is 0 Å². The molecule has 1 aromatic carbocycles. The molecule has 0 saturated carbocycles. The van der Waals surface area contributed by atoms with Crippen LogP contribution >= 0.6 is 0 Å². The number of sulfone groups is 1. The Labute approximate surface area is 121 Å². The van der Waals surface area contributed by atoms with E-state index in [9.17, 15) is 8.42 Å². The molecule has 1 heterocycles. The van der Waals surface area contributed by atoms with Gasteiger partial charge in [0.2, 0.25) is 0 Å². The fourth-order valence-electron chi connectivity index (χ4n) is 3.47. The molecule has 3 nitrogen and oxygen atoms in total. The van der Waals surface area contributed by atoms with Crippen molar-refractivity contribution in [2.75, 3.05) is 18.1 Å². The highest BCUT2D eigenvalue weighted by Crippen LogP contribution is 2.31. The van der Waals surface area contributed by atoms with E-state index in [-0.39, 0.29) is 0 Å². The van der Waals surface area contributed by atoms with Crippen molar-refractivity contribution in [1.82, 2.24) is 5.32 Å². The lowest BCUT2D eigenvalue weighted by atomic mass is 9.82. The number of nitrogens with one attached hydrogen (secondary N) is 1. The van der Waals surface area contributed by atoms with Crippen LogP contribution in [0.15, 0.2) is 24.3 Å². The highest BCUT2D eigenvalue weighted by molar-refractivity contribution is 7.91. The highest BCUT2D eigenvalue weighted by atomic mass is 32.2. The first-order valence-electron chi connectivity index (χ1n) is 7.66. The summed E-state index contributed by atoms with van der Waals surface area (Å²) in [6.45, 7) is 0.988. The topological polar surface area (TPSA) is 46.2 Å². The third kappa shape index (κ3) is 3.23. The summed E-state index contributed by atoms with van der Waals surface area (Å²) in [5.41, 5.74) is 2.99. The minimum atomic E-state index is -2.75. The maximum atomic E-state index is 11.4. The number of fused-ring (bicyclic) bond motifs is 1. The predicted octanol–water partition coefficient (Wildman–Crippen LogP) is 2.27. The van der Waals surface area contributed by atoms with E-state index in [2.05, 4.69) is 29.6 Å². The van der Waals surface area contributed by atoms with Gasteiger partial charge < -0.3 is 5.32 Å². The van der Waals surface area contributed by atoms with Crippen molar-refractivity contribution < 1.29 is 8.42 Å². The Kier molecular flexibility index (Phi) is 4.13. The van der Waals surface area contributed by atoms with Gasteiger partial charge in [-0.05, 0) is 49.1 Å². The molecule has 2 aliphatic rings. The van der Waals surface area contributed by atoms with Gasteiger partial charge in [0.15, 0.2) is 0 Å². The second-order valence-corrected chi connectivity index (χ2v) is 8.43. The van der Waals surface area contributed by atoms with Gasteiger partial charge in [-0.15, -0.1) is 0 Å². The van der Waals surface area contributed by atoms with E-state index in [4.69, 9.17) is 0 Å². The van der Waals surface area contributed by atoms with Crippen LogP contribution in [0.5, 0.6) is 0 Å². The van der Waals surface area contributed by atoms with Gasteiger partial charge in [-0.1, -0.05) is 24.3 Å². The molecule has 1 saturated heterocycles. The zero-order chi connectivity index (χ0) is 14.0. The quantitative estimate of drug-likeness (QED) is 0.930. The maximum Gasteiger partial charge on any atom is 0.150 e. The summed E-state index contributed by atoms with van der Waals surface area (Å²) in [6, 6.07) is 9.14. The molecule has 1 atom stereocenters. The van der Waals surface area contributed by atoms with E-state index in [1.807, 2.05) is 0 Å². The Morgan fingerprint density at radius 2 is 1.85 bits per heavy atom. The second-order valence-electron chi connectivity index (χ2n) is 6.12. The first-order chi connectivity index (χ1) is 9.64. The SMILES string of the molecule is O=S1(=O)CCC(NCC2CCCc3ccccc32)CC1. The first-order valence-corrected chi connectivity index (χ1v) is 9.48. The van der Waals surface area contributed by atoms with Crippen molar-refractivity contribution in [2.45, 2.75) is 44.1 Å². The average Bonchev–Trinajstić information content (AvgIpc) is 2.46. The zero-order valence-corrected chi connectivity index (χ0v) is 12.7. The largest absolute Gasteiger partial charge is 0.313 e. The number of benzene rings is 1. The Bertz CT molecular complexity index is 554. The molecule has 4 heteroatoms. The molecule has 0 spiro atoms. The average molecular weight is 293 g/mol. The van der Waals surface area contributed by atoms with Crippen molar-refractivity contribution >= 4 is 9.84 Å². The molecule has 0 radical (unpaired) electrons. The maximum absolute atomic E-state index is 11.4. The van der Waals surface area contributed by atoms with Gasteiger partial charge in [-0.2, -0.15) is 0 Å². The molecule has 0 bridgehead atoms. The minimum absolute atomic E-state index is 0.353. The van der Waals surface area contributed by atoms with Crippen LogP contribution in [0, 0.1) is 0 Å². The molecular weight excluding hydrogens is 270 g/mol. The standard InChI is InChI=1S/C16H23NO2S/c18-20(19)10-8-15(9-11-20)17-12-14-6-3-5-13-4-1-2-7-16(13)14/h1-2,4,7,14-15,17H,3,5-6,8-12H2. The van der Waals surface area contributed by atoms with Crippen molar-refractivity contribution in [1.29, 1.82) is 0 Å². The lowest BCUT2D eigenvalue weighted by Gasteiger charge is -2.29. The highest BCUT2D eigenvalue weighted by Gasteiger charge is 2.25. The zero-order valence-electron chi connectivity index (χ0n) is 11.8. The lowest BCUT2D eigenvalue weighted by Crippen LogP contribution is -2.39. The monoisotopic (exact) mass is 293 g/mol. The van der Waals surface area contributed by atoms with Gasteiger partial charge in [-0.3, -0.25) is 0 Å². The lowest BCUT2D eigenvalue weighted by molar-refractivity contribution is 0.424. The van der Waals surface area contributed by atoms with Gasteiger partial charge in [0.05, 0.1) is 11.5 Å². The number of rotatable bonds is 3. The smallest absolute Gasteiger partial charge is 0.150 e. The molecule has 3 rings (SSSR count). The molecule has 1 N–H and O–H groups in total. The van der Waals surface area contributed by atoms with Gasteiger partial charge in [-0.25, -0.2) is 8.42 Å². The van der Waals surface area contributed by atoms with E-state index < -0.39 is 9.84 Å². The Hall–Kier alpha value is -0.870. The van der Waals surface area contributed by atoms with Crippen molar-refractivity contribution in [3.63, 3.8) is 0 Å². The number of hydrogen-bond donors (Lipinski definition) is 1. The van der Waals surface area contributed by atoms with Gasteiger partial charge in [0, 0.05) is 12.6 Å². The van der Waals surface area contributed by atoms with E-state index in [0.29, 0.717) is 23.5 Å². The summed E-state index contributed by atoms with van der Waals surface area (Å²) < 4.78 is 22.9. The van der Waals surface area contributed by atoms with Crippen LogP contribution in [0.25, 0.3) is 0 Å². The van der Waals surface area contributed by atoms with E-state index >= 15 is 0 Å². The Balaban J connectivity index is 1.57. The van der Waals surface area contributed by atoms with Crippen molar-refractivity contribution in [3.05, 3.63) is 35.4 Å². The van der Waals surface area contributed by atoms with Crippen LogP contribution in [0.4, 0.5) is 0 Å². The van der Waals surface area contributed by atoms with Crippen LogP contribution in [0.3, 0.4) is 0 Å². The summed E-state index contributed by atoms with van der Waals surface area (Å²) in [5.74, 6) is 1.30. The van der Waals surface area contributed by atoms with Crippen LogP contribution in [-0.2, 0) is 16.3 Å². The van der Waals surface area contributed by atoms with E-state index in [1.54, 1.807) is 0 Å². The molecule has 1 aliphatic carbocycles. The van der Waals surface area contributed by atoms with Crippen LogP contribution in [0.1, 0.15) is 42.7 Å². The summed E-state index contributed by atoms with van der Waals surface area (Å²) in [7, 11) is -2.75. The van der Waals surface area contributed by atoms with Crippen LogP contribution in [-0.4, -0.2) is 32.5 Å². The molecule has 1 aliphatic heterocycles. The molecule has 1 aromatic rings. The number of aryl methyl sites for hydroxylation is 1. The third-order valence-corrected chi connectivity index (χ3v) is 6.42. The predicted molar refractivity (Wildman–Crippen MR) is 81.8 cm³/mol. The minimum Gasteiger partial charge on any atom is -0.313 e. The van der Waals surface area contributed by atoms with Gasteiger partial charge in [0.25, 0.3) is 0 Å².